The molecular weight excluding hydrogens is 368 g/mol. The number of carbonyl (C=O) groups is 1. The topological polar surface area (TPSA) is 54.0 Å². The molecule has 5 nitrogen and oxygen atoms in total. The maximum atomic E-state index is 12.0. The second kappa shape index (κ2) is 10.8. The van der Waals surface area contributed by atoms with Crippen LogP contribution in [0.25, 0.3) is 0 Å². The Morgan fingerprint density at radius 2 is 1.24 bits per heavy atom. The highest BCUT2D eigenvalue weighted by Gasteiger charge is 2.07. The van der Waals surface area contributed by atoms with Crippen molar-refractivity contribution in [2.24, 2.45) is 0 Å². The Bertz CT molecular complexity index is 873. The molecule has 29 heavy (non-hydrogen) atoms. The van der Waals surface area contributed by atoms with Crippen LogP contribution < -0.4 is 18.9 Å². The van der Waals surface area contributed by atoms with Gasteiger partial charge in [-0.3, -0.25) is 0 Å². The normalized spacial score (nSPS) is 10.2. The summed E-state index contributed by atoms with van der Waals surface area (Å²) in [5.41, 5.74) is 0. The van der Waals surface area contributed by atoms with E-state index in [-0.39, 0.29) is 6.61 Å². The van der Waals surface area contributed by atoms with Crippen LogP contribution in [-0.4, -0.2) is 19.2 Å². The number of para-hydroxylation sites is 1. The minimum Gasteiger partial charge on any atom is -0.494 e. The number of esters is 1. The standard InChI is InChI=1S/C24H24O5/c1-2-3-17-26-19-9-11-20(12-10-19)27-18-24(25)29-23-15-13-22(14-16-23)28-21-7-5-4-6-8-21/h4-16H,2-3,17-18H2,1H3. The van der Waals surface area contributed by atoms with E-state index >= 15 is 0 Å². The van der Waals surface area contributed by atoms with E-state index in [0.29, 0.717) is 23.9 Å². The van der Waals surface area contributed by atoms with E-state index in [2.05, 4.69) is 6.92 Å². The molecule has 3 rings (SSSR count). The molecule has 0 radical (unpaired) electrons. The number of ether oxygens (including phenoxy) is 4. The molecule has 0 aliphatic rings. The third-order valence-electron chi connectivity index (χ3n) is 3.98. The van der Waals surface area contributed by atoms with Crippen molar-refractivity contribution in [3.8, 4) is 28.7 Å². The summed E-state index contributed by atoms with van der Waals surface area (Å²) in [5.74, 6) is 2.71. The van der Waals surface area contributed by atoms with Gasteiger partial charge in [0, 0.05) is 0 Å². The third kappa shape index (κ3) is 6.88. The van der Waals surface area contributed by atoms with Gasteiger partial charge in [-0.1, -0.05) is 31.5 Å². The molecule has 0 saturated carbocycles. The fraction of sp³-hybridized carbons (Fsp3) is 0.208. The highest BCUT2D eigenvalue weighted by atomic mass is 16.6. The average molecular weight is 392 g/mol. The minimum atomic E-state index is -0.481. The second-order valence-electron chi connectivity index (χ2n) is 6.32. The van der Waals surface area contributed by atoms with Crippen LogP contribution >= 0.6 is 0 Å². The fourth-order valence-electron chi connectivity index (χ4n) is 2.47. The largest absolute Gasteiger partial charge is 0.494 e. The number of unbranched alkanes of at least 4 members (excludes halogenated alkanes) is 1. The summed E-state index contributed by atoms with van der Waals surface area (Å²) >= 11 is 0. The van der Waals surface area contributed by atoms with Crippen LogP contribution in [0.3, 0.4) is 0 Å². The minimum absolute atomic E-state index is 0.182. The highest BCUT2D eigenvalue weighted by Crippen LogP contribution is 2.23. The van der Waals surface area contributed by atoms with E-state index in [1.54, 1.807) is 36.4 Å². The molecular formula is C24H24O5. The summed E-state index contributed by atoms with van der Waals surface area (Å²) in [6.45, 7) is 2.63. The number of carbonyl (C=O) groups excluding carboxylic acids is 1. The first kappa shape index (κ1) is 20.3. The summed E-state index contributed by atoms with van der Waals surface area (Å²) in [7, 11) is 0. The molecule has 0 aliphatic heterocycles. The van der Waals surface area contributed by atoms with Gasteiger partial charge in [0.2, 0.25) is 0 Å². The first-order chi connectivity index (χ1) is 14.2. The summed E-state index contributed by atoms with van der Waals surface area (Å²) in [4.78, 5) is 12.0. The van der Waals surface area contributed by atoms with Gasteiger partial charge in [-0.25, -0.2) is 4.79 Å². The van der Waals surface area contributed by atoms with Crippen LogP contribution in [0.15, 0.2) is 78.9 Å². The van der Waals surface area contributed by atoms with Gasteiger partial charge in [0.15, 0.2) is 6.61 Å². The second-order valence-corrected chi connectivity index (χ2v) is 6.32. The highest BCUT2D eigenvalue weighted by molar-refractivity contribution is 5.74. The van der Waals surface area contributed by atoms with Gasteiger partial charge in [0.05, 0.1) is 6.61 Å². The van der Waals surface area contributed by atoms with E-state index < -0.39 is 5.97 Å². The lowest BCUT2D eigenvalue weighted by atomic mass is 10.3. The Hall–Kier alpha value is -3.47. The van der Waals surface area contributed by atoms with E-state index in [1.165, 1.54) is 0 Å². The van der Waals surface area contributed by atoms with Crippen LogP contribution in [-0.2, 0) is 4.79 Å². The molecule has 3 aromatic carbocycles. The van der Waals surface area contributed by atoms with Crippen molar-refractivity contribution in [2.75, 3.05) is 13.2 Å². The van der Waals surface area contributed by atoms with Gasteiger partial charge < -0.3 is 18.9 Å². The average Bonchev–Trinajstić information content (AvgIpc) is 2.75. The summed E-state index contributed by atoms with van der Waals surface area (Å²) in [6.07, 6.45) is 2.11. The molecule has 0 atom stereocenters. The van der Waals surface area contributed by atoms with Crippen molar-refractivity contribution in [2.45, 2.75) is 19.8 Å². The molecule has 0 heterocycles. The molecule has 0 N–H and O–H groups in total. The van der Waals surface area contributed by atoms with Crippen molar-refractivity contribution in [3.05, 3.63) is 78.9 Å². The number of hydrogen-bond donors (Lipinski definition) is 0. The summed E-state index contributed by atoms with van der Waals surface area (Å²) < 4.78 is 22.1. The Morgan fingerprint density at radius 1 is 0.690 bits per heavy atom. The molecule has 3 aromatic rings. The lowest BCUT2D eigenvalue weighted by molar-refractivity contribution is -0.136. The molecule has 0 aromatic heterocycles. The molecule has 0 fully saturated rings. The Kier molecular flexibility index (Phi) is 7.52. The van der Waals surface area contributed by atoms with E-state index in [9.17, 15) is 4.79 Å². The van der Waals surface area contributed by atoms with E-state index in [0.717, 1.165) is 24.3 Å². The van der Waals surface area contributed by atoms with E-state index in [1.807, 2.05) is 42.5 Å². The van der Waals surface area contributed by atoms with Crippen molar-refractivity contribution >= 4 is 5.97 Å². The monoisotopic (exact) mass is 392 g/mol. The van der Waals surface area contributed by atoms with Gasteiger partial charge in [0.25, 0.3) is 0 Å². The van der Waals surface area contributed by atoms with E-state index in [4.69, 9.17) is 18.9 Å². The molecule has 0 amide bonds. The van der Waals surface area contributed by atoms with Crippen LogP contribution in [0.2, 0.25) is 0 Å². The predicted octanol–water partition coefficient (Wildman–Crippen LogP) is 5.64. The molecule has 0 unspecified atom stereocenters. The molecule has 150 valence electrons. The smallest absolute Gasteiger partial charge is 0.349 e. The zero-order valence-electron chi connectivity index (χ0n) is 16.4. The van der Waals surface area contributed by atoms with Gasteiger partial charge >= 0.3 is 5.97 Å². The number of benzene rings is 3. The zero-order chi connectivity index (χ0) is 20.3. The lowest BCUT2D eigenvalue weighted by Gasteiger charge is -2.09. The Labute approximate surface area is 170 Å². The predicted molar refractivity (Wildman–Crippen MR) is 111 cm³/mol. The zero-order valence-corrected chi connectivity index (χ0v) is 16.4. The molecule has 0 spiro atoms. The quantitative estimate of drug-likeness (QED) is 0.254. The first-order valence-corrected chi connectivity index (χ1v) is 9.62. The van der Waals surface area contributed by atoms with Gasteiger partial charge in [-0.2, -0.15) is 0 Å². The molecule has 0 bridgehead atoms. The van der Waals surface area contributed by atoms with Crippen molar-refractivity contribution in [1.29, 1.82) is 0 Å². The maximum absolute atomic E-state index is 12.0. The third-order valence-corrected chi connectivity index (χ3v) is 3.98. The van der Waals surface area contributed by atoms with Crippen LogP contribution in [0.5, 0.6) is 28.7 Å². The summed E-state index contributed by atoms with van der Waals surface area (Å²) in [5, 5.41) is 0. The van der Waals surface area contributed by atoms with Crippen LogP contribution in [0.1, 0.15) is 19.8 Å². The summed E-state index contributed by atoms with van der Waals surface area (Å²) in [6, 6.07) is 23.5. The Morgan fingerprint density at radius 3 is 1.90 bits per heavy atom. The molecule has 0 aliphatic carbocycles. The lowest BCUT2D eigenvalue weighted by Crippen LogP contribution is -2.17. The first-order valence-electron chi connectivity index (χ1n) is 9.62. The van der Waals surface area contributed by atoms with Crippen molar-refractivity contribution in [1.82, 2.24) is 0 Å². The molecule has 0 saturated heterocycles. The van der Waals surface area contributed by atoms with Gasteiger partial charge in [0.1, 0.15) is 28.7 Å². The van der Waals surface area contributed by atoms with Crippen LogP contribution in [0.4, 0.5) is 0 Å². The SMILES string of the molecule is CCCCOc1ccc(OCC(=O)Oc2ccc(Oc3ccccc3)cc2)cc1. The number of hydrogen-bond acceptors (Lipinski definition) is 5. The van der Waals surface area contributed by atoms with Crippen molar-refractivity contribution < 1.29 is 23.7 Å². The van der Waals surface area contributed by atoms with Gasteiger partial charge in [-0.15, -0.1) is 0 Å². The fourth-order valence-corrected chi connectivity index (χ4v) is 2.47. The Balaban J connectivity index is 1.43. The van der Waals surface area contributed by atoms with Gasteiger partial charge in [-0.05, 0) is 67.1 Å². The van der Waals surface area contributed by atoms with Crippen molar-refractivity contribution in [3.63, 3.8) is 0 Å². The number of rotatable bonds is 10. The maximum Gasteiger partial charge on any atom is 0.349 e. The molecule has 5 heteroatoms. The van der Waals surface area contributed by atoms with Crippen LogP contribution in [0, 0.1) is 0 Å².